The first-order chi connectivity index (χ1) is 2.00. The second kappa shape index (κ2) is 50.6. The van der Waals surface area contributed by atoms with Gasteiger partial charge in [0.05, 0.1) is 0 Å². The standard InChI is InChI=1S/BO.Bi.O.Pb.3H/c1-2;;;;;;. The van der Waals surface area contributed by atoms with E-state index in [4.69, 9.17) is 7.39 Å². The van der Waals surface area contributed by atoms with Crippen molar-refractivity contribution in [2.24, 2.45) is 0 Å². The molecule has 0 fully saturated rings. The van der Waals surface area contributed by atoms with Crippen molar-refractivity contribution < 1.29 is 7.39 Å². The molecule has 0 aliphatic rings. The summed E-state index contributed by atoms with van der Waals surface area (Å²) in [4.78, 5) is 0. The third-order valence-corrected chi connectivity index (χ3v) is 0. The minimum absolute atomic E-state index is 0. The van der Waals surface area contributed by atoms with Crippen LogP contribution in [0.2, 0.25) is 0 Å². The molecule has 0 aromatic heterocycles. The first-order valence-corrected chi connectivity index (χ1v) is 2.03. The topological polar surface area (TPSA) is 34.1 Å². The van der Waals surface area contributed by atoms with Gasteiger partial charge in [0.25, 0.3) is 0 Å². The predicted molar refractivity (Wildman–Crippen MR) is 22.8 cm³/mol. The average molecular weight is 462 g/mol. The molecular formula is H3BBiO2Pb. The van der Waals surface area contributed by atoms with Gasteiger partial charge in [-0.05, 0) is 0 Å². The maximum atomic E-state index is 8.39. The molecule has 0 saturated carbocycles. The van der Waals surface area contributed by atoms with Gasteiger partial charge < -0.3 is 0 Å². The van der Waals surface area contributed by atoms with Gasteiger partial charge in [0.15, 0.2) is 0 Å². The van der Waals surface area contributed by atoms with Gasteiger partial charge in [-0.3, -0.25) is 0 Å². The van der Waals surface area contributed by atoms with Gasteiger partial charge in [0, 0.05) is 0 Å². The zero-order valence-electron chi connectivity index (χ0n) is 2.60. The molecule has 0 amide bonds. The van der Waals surface area contributed by atoms with Crippen molar-refractivity contribution in [1.82, 2.24) is 0 Å². The maximum absolute atomic E-state index is 8.39. The van der Waals surface area contributed by atoms with E-state index in [1.807, 2.05) is 0 Å². The van der Waals surface area contributed by atoms with Crippen LogP contribution in [-0.2, 0) is 7.39 Å². The second-order valence-electron chi connectivity index (χ2n) is 0. The zero-order chi connectivity index (χ0) is 4.00. The van der Waals surface area contributed by atoms with Crippen molar-refractivity contribution >= 4 is 59.7 Å². The number of hydrogen-bond donors (Lipinski definition) is 0. The molecule has 27 valence electrons. The van der Waals surface area contributed by atoms with Gasteiger partial charge in [0.1, 0.15) is 0 Å². The summed E-state index contributed by atoms with van der Waals surface area (Å²) in [6.07, 6.45) is 0. The molecule has 0 spiro atoms. The molecule has 0 saturated heterocycles. The van der Waals surface area contributed by atoms with E-state index in [0.717, 1.165) is 0 Å². The Labute approximate surface area is 66.4 Å². The molecule has 0 aromatic rings. The third kappa shape index (κ3) is 30.5. The predicted octanol–water partition coefficient (Wildman–Crippen LogP) is -2.18. The fraction of sp³-hybridized carbons (Fsp3) is 0. The first-order valence-electron chi connectivity index (χ1n) is 0.440. The summed E-state index contributed by atoms with van der Waals surface area (Å²) in [6, 6.07) is 0. The fourth-order valence-electron chi connectivity index (χ4n) is 0. The summed E-state index contributed by atoms with van der Waals surface area (Å²) in [5, 5.41) is 0. The SMILES string of the molecule is [B]=O.[BiH3].[O]=[Pb]. The Morgan fingerprint density at radius 2 is 1.20 bits per heavy atom. The van der Waals surface area contributed by atoms with E-state index in [1.54, 1.807) is 0 Å². The van der Waals surface area contributed by atoms with Crippen LogP contribution in [0.15, 0.2) is 0 Å². The zero-order valence-corrected chi connectivity index (χ0v) is 12.0. The third-order valence-electron chi connectivity index (χ3n) is 0. The van der Waals surface area contributed by atoms with Crippen LogP contribution in [0, 0.1) is 0 Å². The Morgan fingerprint density at radius 1 is 1.20 bits per heavy atom. The molecule has 0 aliphatic heterocycles. The van der Waals surface area contributed by atoms with Crippen LogP contribution >= 0.6 is 0 Å². The van der Waals surface area contributed by atoms with Gasteiger partial charge in [-0.25, -0.2) is 0 Å². The monoisotopic (exact) mass is 463 g/mol. The summed E-state index contributed by atoms with van der Waals surface area (Å²) in [5.41, 5.74) is 0. The van der Waals surface area contributed by atoms with Crippen LogP contribution in [-0.4, -0.2) is 59.7 Å². The molecule has 0 bridgehead atoms. The number of rotatable bonds is 0. The molecule has 5 heteroatoms. The Bertz CT molecular complexity index is 11.6. The molecule has 0 aromatic carbocycles. The van der Waals surface area contributed by atoms with Crippen LogP contribution in [0.4, 0.5) is 0 Å². The van der Waals surface area contributed by atoms with Crippen molar-refractivity contribution in [3.05, 3.63) is 0 Å². The van der Waals surface area contributed by atoms with Crippen LogP contribution in [0.3, 0.4) is 0 Å². The van der Waals surface area contributed by atoms with Gasteiger partial charge in [-0.2, -0.15) is 0 Å². The normalized spacial score (nSPS) is 1.40. The quantitative estimate of drug-likeness (QED) is 0.384. The summed E-state index contributed by atoms with van der Waals surface area (Å²) in [6.45, 7) is 0. The van der Waals surface area contributed by atoms with E-state index in [-0.39, 0.29) is 52.0 Å². The first kappa shape index (κ1) is 16.1. The van der Waals surface area contributed by atoms with Gasteiger partial charge in [-0.15, -0.1) is 0 Å². The van der Waals surface area contributed by atoms with Gasteiger partial charge in [-0.1, -0.05) is 0 Å². The summed E-state index contributed by atoms with van der Waals surface area (Å²) >= 11 is 0.0556. The fourth-order valence-corrected chi connectivity index (χ4v) is 0. The summed E-state index contributed by atoms with van der Waals surface area (Å²) in [7, 11) is 3.25. The molecule has 3 radical (unpaired) electrons. The average Bonchev–Trinajstić information content (AvgIpc) is 1.50. The molecule has 0 aliphatic carbocycles. The second-order valence-corrected chi connectivity index (χ2v) is 0. The molecule has 0 unspecified atom stereocenters. The molecule has 0 heterocycles. The van der Waals surface area contributed by atoms with E-state index in [1.165, 1.54) is 0 Å². The van der Waals surface area contributed by atoms with E-state index in [2.05, 4.69) is 7.72 Å². The Balaban J connectivity index is -0.0000000133. The number of hydrogen-bond acceptors (Lipinski definition) is 2. The molecule has 0 N–H and O–H groups in total. The van der Waals surface area contributed by atoms with Crippen LogP contribution in [0.5, 0.6) is 0 Å². The van der Waals surface area contributed by atoms with E-state index < -0.39 is 0 Å². The Morgan fingerprint density at radius 3 is 1.20 bits per heavy atom. The molecular weight excluding hydrogens is 459 g/mol. The van der Waals surface area contributed by atoms with E-state index in [0.29, 0.717) is 0 Å². The van der Waals surface area contributed by atoms with Crippen molar-refractivity contribution in [2.75, 3.05) is 0 Å². The van der Waals surface area contributed by atoms with Gasteiger partial charge in [0.2, 0.25) is 0 Å². The van der Waals surface area contributed by atoms with Crippen LogP contribution in [0.25, 0.3) is 0 Å². The summed E-state index contributed by atoms with van der Waals surface area (Å²) < 4.78 is 16.1. The minimum atomic E-state index is 0. The van der Waals surface area contributed by atoms with E-state index >= 15 is 0 Å². The Hall–Kier alpha value is 1.47. The molecule has 5 heavy (non-hydrogen) atoms. The molecule has 0 rings (SSSR count). The van der Waals surface area contributed by atoms with Crippen molar-refractivity contribution in [3.63, 3.8) is 0 Å². The molecule has 0 atom stereocenters. The molecule has 2 nitrogen and oxygen atoms in total. The van der Waals surface area contributed by atoms with Gasteiger partial charge >= 0.3 is 67.1 Å². The van der Waals surface area contributed by atoms with Crippen molar-refractivity contribution in [2.45, 2.75) is 0 Å². The van der Waals surface area contributed by atoms with Crippen LogP contribution < -0.4 is 0 Å². The van der Waals surface area contributed by atoms with Crippen molar-refractivity contribution in [1.29, 1.82) is 0 Å². The van der Waals surface area contributed by atoms with Crippen LogP contribution in [0.1, 0.15) is 0 Å². The Kier molecular flexibility index (Phi) is 163. The van der Waals surface area contributed by atoms with E-state index in [9.17, 15) is 0 Å². The van der Waals surface area contributed by atoms with Crippen molar-refractivity contribution in [3.8, 4) is 0 Å². The summed E-state index contributed by atoms with van der Waals surface area (Å²) in [5.74, 6) is 0.